The van der Waals surface area contributed by atoms with Crippen molar-refractivity contribution in [3.8, 4) is 0 Å². The Balaban J connectivity index is 2.39. The van der Waals surface area contributed by atoms with Crippen molar-refractivity contribution in [1.82, 2.24) is 10.6 Å². The zero-order valence-electron chi connectivity index (χ0n) is 13.5. The topological polar surface area (TPSA) is 84.5 Å². The number of hydrogen-bond donors (Lipinski definition) is 2. The van der Waals surface area contributed by atoms with E-state index in [9.17, 15) is 23.2 Å². The van der Waals surface area contributed by atoms with E-state index >= 15 is 0 Å². The first-order chi connectivity index (χ1) is 11.2. The lowest BCUT2D eigenvalue weighted by atomic mass is 10.1. The molecule has 2 N–H and O–H groups in total. The second-order valence-corrected chi connectivity index (χ2v) is 5.15. The number of carbonyl (C=O) groups excluding carboxylic acids is 3. The van der Waals surface area contributed by atoms with Gasteiger partial charge in [-0.1, -0.05) is 12.1 Å². The van der Waals surface area contributed by atoms with Crippen LogP contribution in [0.1, 0.15) is 35.7 Å². The van der Waals surface area contributed by atoms with Gasteiger partial charge in [0.05, 0.1) is 13.5 Å². The molecular formula is C16H20F2N2O4. The minimum absolute atomic E-state index is 0.0105. The average molecular weight is 342 g/mol. The first-order valence-corrected chi connectivity index (χ1v) is 7.34. The number of ether oxygens (including phenoxy) is 1. The van der Waals surface area contributed by atoms with E-state index < -0.39 is 17.8 Å². The van der Waals surface area contributed by atoms with Crippen molar-refractivity contribution in [2.24, 2.45) is 0 Å². The predicted octanol–water partition coefficient (Wildman–Crippen LogP) is 1.60. The van der Waals surface area contributed by atoms with E-state index in [1.165, 1.54) is 25.3 Å². The van der Waals surface area contributed by atoms with Crippen LogP contribution >= 0.6 is 0 Å². The first-order valence-electron chi connectivity index (χ1n) is 7.34. The van der Waals surface area contributed by atoms with Gasteiger partial charge in [0, 0.05) is 37.6 Å². The summed E-state index contributed by atoms with van der Waals surface area (Å²) in [6.07, 6.45) is 0.0726. The van der Waals surface area contributed by atoms with Crippen molar-refractivity contribution in [1.29, 1.82) is 0 Å². The average Bonchev–Trinajstić information content (AvgIpc) is 2.53. The number of esters is 1. The molecule has 8 heteroatoms. The number of hydrogen-bond acceptors (Lipinski definition) is 4. The van der Waals surface area contributed by atoms with Crippen LogP contribution in [0.2, 0.25) is 0 Å². The van der Waals surface area contributed by atoms with E-state index in [1.54, 1.807) is 0 Å². The molecule has 0 aliphatic rings. The fourth-order valence-corrected chi connectivity index (χ4v) is 1.82. The SMILES string of the molecule is COC(=O)CCNC(=O)CCNC(=O)c1cccc(C(C)(F)F)c1. The lowest BCUT2D eigenvalue weighted by molar-refractivity contribution is -0.140. The second kappa shape index (κ2) is 8.95. The summed E-state index contributed by atoms with van der Waals surface area (Å²) in [5, 5.41) is 4.98. The predicted molar refractivity (Wildman–Crippen MR) is 82.6 cm³/mol. The summed E-state index contributed by atoms with van der Waals surface area (Å²) in [7, 11) is 1.25. The Kier molecular flexibility index (Phi) is 7.29. The van der Waals surface area contributed by atoms with Crippen molar-refractivity contribution >= 4 is 17.8 Å². The summed E-state index contributed by atoms with van der Waals surface area (Å²) in [5.41, 5.74) is -0.157. The van der Waals surface area contributed by atoms with Crippen LogP contribution in [-0.4, -0.2) is 38.0 Å². The maximum absolute atomic E-state index is 13.2. The summed E-state index contributed by atoms with van der Waals surface area (Å²) in [6, 6.07) is 5.15. The van der Waals surface area contributed by atoms with Crippen LogP contribution in [0.5, 0.6) is 0 Å². The third-order valence-electron chi connectivity index (χ3n) is 3.15. The molecular weight excluding hydrogens is 322 g/mol. The molecule has 0 radical (unpaired) electrons. The molecule has 132 valence electrons. The van der Waals surface area contributed by atoms with Gasteiger partial charge in [0.1, 0.15) is 0 Å². The van der Waals surface area contributed by atoms with Crippen LogP contribution in [-0.2, 0) is 20.2 Å². The molecule has 1 aromatic carbocycles. The van der Waals surface area contributed by atoms with Gasteiger partial charge in [-0.3, -0.25) is 14.4 Å². The maximum Gasteiger partial charge on any atom is 0.307 e. The molecule has 0 spiro atoms. The molecule has 2 amide bonds. The van der Waals surface area contributed by atoms with Gasteiger partial charge in [-0.2, -0.15) is 0 Å². The molecule has 24 heavy (non-hydrogen) atoms. The van der Waals surface area contributed by atoms with Gasteiger partial charge in [0.15, 0.2) is 0 Å². The smallest absolute Gasteiger partial charge is 0.307 e. The van der Waals surface area contributed by atoms with Crippen molar-refractivity contribution in [3.05, 3.63) is 35.4 Å². The standard InChI is InChI=1S/C16H20F2N2O4/c1-16(17,18)12-5-3-4-11(10-12)15(23)20-8-6-13(21)19-9-7-14(22)24-2/h3-5,10H,6-9H2,1-2H3,(H,19,21)(H,20,23). The van der Waals surface area contributed by atoms with E-state index in [0.29, 0.717) is 0 Å². The van der Waals surface area contributed by atoms with E-state index in [4.69, 9.17) is 0 Å². The number of halogens is 2. The Bertz CT molecular complexity index is 600. The number of nitrogens with one attached hydrogen (secondary N) is 2. The number of methoxy groups -OCH3 is 1. The Morgan fingerprint density at radius 1 is 1.12 bits per heavy atom. The molecule has 6 nitrogen and oxygen atoms in total. The van der Waals surface area contributed by atoms with Crippen molar-refractivity contribution in [3.63, 3.8) is 0 Å². The minimum atomic E-state index is -3.03. The summed E-state index contributed by atoms with van der Waals surface area (Å²) in [5.74, 6) is -4.34. The number of rotatable bonds is 8. The van der Waals surface area contributed by atoms with Crippen LogP contribution in [0.4, 0.5) is 8.78 Å². The van der Waals surface area contributed by atoms with E-state index in [-0.39, 0.29) is 43.0 Å². The zero-order chi connectivity index (χ0) is 18.2. The second-order valence-electron chi connectivity index (χ2n) is 5.15. The molecule has 1 rings (SSSR count). The third kappa shape index (κ3) is 6.72. The van der Waals surface area contributed by atoms with Gasteiger partial charge in [0.25, 0.3) is 11.8 Å². The third-order valence-corrected chi connectivity index (χ3v) is 3.15. The number of benzene rings is 1. The number of amides is 2. The molecule has 0 saturated heterocycles. The monoisotopic (exact) mass is 342 g/mol. The van der Waals surface area contributed by atoms with Crippen LogP contribution in [0.3, 0.4) is 0 Å². The van der Waals surface area contributed by atoms with Gasteiger partial charge in [0.2, 0.25) is 5.91 Å². The van der Waals surface area contributed by atoms with Crippen LogP contribution in [0, 0.1) is 0 Å². The number of alkyl halides is 2. The van der Waals surface area contributed by atoms with Crippen LogP contribution in [0.15, 0.2) is 24.3 Å². The molecule has 0 aliphatic heterocycles. The molecule has 0 saturated carbocycles. The zero-order valence-corrected chi connectivity index (χ0v) is 13.5. The summed E-state index contributed by atoms with van der Waals surface area (Å²) < 4.78 is 30.9. The van der Waals surface area contributed by atoms with E-state index in [0.717, 1.165) is 13.0 Å². The first kappa shape index (κ1) is 19.5. The molecule has 0 atom stereocenters. The lowest BCUT2D eigenvalue weighted by Crippen LogP contribution is -2.32. The van der Waals surface area contributed by atoms with Gasteiger partial charge in [-0.05, 0) is 12.1 Å². The Labute approximate surface area is 138 Å². The van der Waals surface area contributed by atoms with Gasteiger partial charge in [-0.15, -0.1) is 0 Å². The fraction of sp³-hybridized carbons (Fsp3) is 0.438. The molecule has 0 unspecified atom stereocenters. The maximum atomic E-state index is 13.2. The lowest BCUT2D eigenvalue weighted by Gasteiger charge is -2.12. The highest BCUT2D eigenvalue weighted by Crippen LogP contribution is 2.27. The Morgan fingerprint density at radius 2 is 1.79 bits per heavy atom. The summed E-state index contributed by atoms with van der Waals surface area (Å²) in [6.45, 7) is 0.950. The van der Waals surface area contributed by atoms with Gasteiger partial charge < -0.3 is 15.4 Å². The van der Waals surface area contributed by atoms with Gasteiger partial charge in [-0.25, -0.2) is 8.78 Å². The summed E-state index contributed by atoms with van der Waals surface area (Å²) >= 11 is 0. The molecule has 0 fully saturated rings. The Hall–Kier alpha value is -2.51. The molecule has 0 heterocycles. The molecule has 0 bridgehead atoms. The van der Waals surface area contributed by atoms with Crippen molar-refractivity contribution < 1.29 is 27.9 Å². The fourth-order valence-electron chi connectivity index (χ4n) is 1.82. The largest absolute Gasteiger partial charge is 0.469 e. The molecule has 0 aliphatic carbocycles. The number of carbonyl (C=O) groups is 3. The van der Waals surface area contributed by atoms with Crippen molar-refractivity contribution in [2.45, 2.75) is 25.7 Å². The Morgan fingerprint density at radius 3 is 2.42 bits per heavy atom. The molecule has 0 aromatic heterocycles. The molecule has 1 aromatic rings. The highest BCUT2D eigenvalue weighted by atomic mass is 19.3. The van der Waals surface area contributed by atoms with E-state index in [2.05, 4.69) is 15.4 Å². The quantitative estimate of drug-likeness (QED) is 0.703. The minimum Gasteiger partial charge on any atom is -0.469 e. The van der Waals surface area contributed by atoms with Crippen LogP contribution in [0.25, 0.3) is 0 Å². The highest BCUT2D eigenvalue weighted by molar-refractivity contribution is 5.94. The van der Waals surface area contributed by atoms with Gasteiger partial charge >= 0.3 is 5.97 Å². The van der Waals surface area contributed by atoms with Crippen molar-refractivity contribution in [2.75, 3.05) is 20.2 Å². The van der Waals surface area contributed by atoms with E-state index in [1.807, 2.05) is 0 Å². The normalized spacial score (nSPS) is 10.8. The highest BCUT2D eigenvalue weighted by Gasteiger charge is 2.24. The van der Waals surface area contributed by atoms with Crippen LogP contribution < -0.4 is 10.6 Å². The summed E-state index contributed by atoms with van der Waals surface area (Å²) in [4.78, 5) is 34.3.